The summed E-state index contributed by atoms with van der Waals surface area (Å²) in [5.74, 6) is 0. The lowest BCUT2D eigenvalue weighted by Crippen LogP contribution is -2.41. The second-order valence-corrected chi connectivity index (χ2v) is 6.21. The van der Waals surface area contributed by atoms with Gasteiger partial charge in [-0.15, -0.1) is 0 Å². The number of piperidine rings is 1. The largest absolute Gasteiger partial charge is 0.371 e. The van der Waals surface area contributed by atoms with Crippen LogP contribution in [0, 0.1) is 16.7 Å². The molecule has 1 aromatic carbocycles. The molecule has 1 aliphatic carbocycles. The van der Waals surface area contributed by atoms with E-state index in [-0.39, 0.29) is 0 Å². The Morgan fingerprint density at radius 3 is 2.11 bits per heavy atom. The van der Waals surface area contributed by atoms with E-state index < -0.39 is 0 Å². The highest BCUT2D eigenvalue weighted by atomic mass is 15.1. The van der Waals surface area contributed by atoms with Gasteiger partial charge in [0.2, 0.25) is 0 Å². The summed E-state index contributed by atoms with van der Waals surface area (Å²) in [5, 5.41) is 8.84. The first kappa shape index (κ1) is 12.5. The smallest absolute Gasteiger partial charge is 0.0991 e. The molecule has 2 nitrogen and oxygen atoms in total. The minimum atomic E-state index is 0.668. The summed E-state index contributed by atoms with van der Waals surface area (Å²) < 4.78 is 0. The van der Waals surface area contributed by atoms with Crippen LogP contribution < -0.4 is 4.90 Å². The van der Waals surface area contributed by atoms with Crippen molar-refractivity contribution in [2.75, 3.05) is 18.0 Å². The molecule has 2 heteroatoms. The molecule has 0 bridgehead atoms. The maximum Gasteiger partial charge on any atom is 0.0991 e. The van der Waals surface area contributed by atoms with E-state index >= 15 is 0 Å². The number of hydrogen-bond donors (Lipinski definition) is 0. The summed E-state index contributed by atoms with van der Waals surface area (Å²) >= 11 is 0. The molecule has 1 saturated heterocycles. The van der Waals surface area contributed by atoms with Crippen LogP contribution in [0.1, 0.15) is 50.5 Å². The van der Waals surface area contributed by atoms with Crippen LogP contribution in [0.2, 0.25) is 0 Å². The van der Waals surface area contributed by atoms with Crippen molar-refractivity contribution in [3.63, 3.8) is 0 Å². The van der Waals surface area contributed by atoms with E-state index in [0.29, 0.717) is 5.41 Å². The van der Waals surface area contributed by atoms with E-state index in [2.05, 4.69) is 23.1 Å². The van der Waals surface area contributed by atoms with Gasteiger partial charge in [-0.3, -0.25) is 0 Å². The molecule has 100 valence electrons. The topological polar surface area (TPSA) is 27.0 Å². The van der Waals surface area contributed by atoms with Crippen LogP contribution in [0.25, 0.3) is 0 Å². The molecule has 1 spiro atoms. The minimum absolute atomic E-state index is 0.668. The van der Waals surface area contributed by atoms with Gasteiger partial charge in [-0.25, -0.2) is 0 Å². The van der Waals surface area contributed by atoms with Gasteiger partial charge in [-0.2, -0.15) is 5.26 Å². The summed E-state index contributed by atoms with van der Waals surface area (Å²) in [4.78, 5) is 2.49. The number of nitrogens with zero attached hydrogens (tertiary/aromatic N) is 2. The zero-order chi connectivity index (χ0) is 13.1. The Bertz CT molecular complexity index is 453. The van der Waals surface area contributed by atoms with Gasteiger partial charge in [0, 0.05) is 18.8 Å². The Hall–Kier alpha value is -1.49. The standard InChI is InChI=1S/C17H22N2/c18-14-15-4-6-16(7-5-15)19-12-10-17(11-13-19)8-2-1-3-9-17/h4-7H,1-3,8-13H2. The molecular weight excluding hydrogens is 232 g/mol. The Labute approximate surface area is 116 Å². The van der Waals surface area contributed by atoms with E-state index in [1.165, 1.54) is 63.7 Å². The molecule has 2 aliphatic rings. The highest BCUT2D eigenvalue weighted by molar-refractivity contribution is 5.50. The summed E-state index contributed by atoms with van der Waals surface area (Å²) in [6.07, 6.45) is 9.94. The Morgan fingerprint density at radius 1 is 0.895 bits per heavy atom. The third-order valence-electron chi connectivity index (χ3n) is 5.10. The van der Waals surface area contributed by atoms with E-state index in [9.17, 15) is 0 Å². The fraction of sp³-hybridized carbons (Fsp3) is 0.588. The Kier molecular flexibility index (Phi) is 3.46. The van der Waals surface area contributed by atoms with Crippen LogP contribution in [0.5, 0.6) is 0 Å². The van der Waals surface area contributed by atoms with Gasteiger partial charge in [0.25, 0.3) is 0 Å². The molecule has 2 fully saturated rings. The molecular formula is C17H22N2. The van der Waals surface area contributed by atoms with Gasteiger partial charge in [0.15, 0.2) is 0 Å². The van der Waals surface area contributed by atoms with Crippen molar-refractivity contribution in [3.05, 3.63) is 29.8 Å². The van der Waals surface area contributed by atoms with Crippen molar-refractivity contribution in [1.82, 2.24) is 0 Å². The average Bonchev–Trinajstić information content (AvgIpc) is 2.49. The molecule has 19 heavy (non-hydrogen) atoms. The summed E-state index contributed by atoms with van der Waals surface area (Å²) in [5.41, 5.74) is 2.70. The quantitative estimate of drug-likeness (QED) is 0.754. The maximum absolute atomic E-state index is 8.84. The summed E-state index contributed by atoms with van der Waals surface area (Å²) in [6, 6.07) is 10.2. The number of anilines is 1. The van der Waals surface area contributed by atoms with Crippen molar-refractivity contribution in [1.29, 1.82) is 5.26 Å². The van der Waals surface area contributed by atoms with Crippen molar-refractivity contribution >= 4 is 5.69 Å². The fourth-order valence-electron chi connectivity index (χ4n) is 3.79. The highest BCUT2D eigenvalue weighted by Crippen LogP contribution is 2.45. The zero-order valence-corrected chi connectivity index (χ0v) is 11.6. The normalized spacial score (nSPS) is 22.2. The van der Waals surface area contributed by atoms with Gasteiger partial charge in [-0.05, 0) is 55.4 Å². The molecule has 3 rings (SSSR count). The monoisotopic (exact) mass is 254 g/mol. The lowest BCUT2D eigenvalue weighted by molar-refractivity contribution is 0.144. The zero-order valence-electron chi connectivity index (χ0n) is 11.6. The van der Waals surface area contributed by atoms with E-state index in [1.54, 1.807) is 0 Å². The summed E-state index contributed by atoms with van der Waals surface area (Å²) in [6.45, 7) is 2.37. The lowest BCUT2D eigenvalue weighted by atomic mass is 9.68. The van der Waals surface area contributed by atoms with Crippen molar-refractivity contribution in [3.8, 4) is 6.07 Å². The third kappa shape index (κ3) is 2.61. The molecule has 0 unspecified atom stereocenters. The predicted molar refractivity (Wildman–Crippen MR) is 78.1 cm³/mol. The molecule has 0 radical (unpaired) electrons. The first-order chi connectivity index (χ1) is 9.31. The van der Waals surface area contributed by atoms with Gasteiger partial charge in [0.05, 0.1) is 11.6 Å². The molecule has 0 aromatic heterocycles. The van der Waals surface area contributed by atoms with Crippen molar-refractivity contribution < 1.29 is 0 Å². The molecule has 0 N–H and O–H groups in total. The molecule has 0 amide bonds. The molecule has 1 aromatic rings. The predicted octanol–water partition coefficient (Wildman–Crippen LogP) is 4.11. The van der Waals surface area contributed by atoms with Gasteiger partial charge in [-0.1, -0.05) is 19.3 Å². The van der Waals surface area contributed by atoms with Crippen LogP contribution in [0.4, 0.5) is 5.69 Å². The fourth-order valence-corrected chi connectivity index (χ4v) is 3.79. The molecule has 0 atom stereocenters. The van der Waals surface area contributed by atoms with Crippen LogP contribution >= 0.6 is 0 Å². The number of nitriles is 1. The Balaban J connectivity index is 1.64. The van der Waals surface area contributed by atoms with Crippen molar-refractivity contribution in [2.24, 2.45) is 5.41 Å². The number of hydrogen-bond acceptors (Lipinski definition) is 2. The van der Waals surface area contributed by atoms with Gasteiger partial charge >= 0.3 is 0 Å². The lowest BCUT2D eigenvalue weighted by Gasteiger charge is -2.45. The molecule has 1 heterocycles. The first-order valence-electron chi connectivity index (χ1n) is 7.57. The Morgan fingerprint density at radius 2 is 1.53 bits per heavy atom. The number of rotatable bonds is 1. The van der Waals surface area contributed by atoms with E-state index in [1.807, 2.05) is 12.1 Å². The van der Waals surface area contributed by atoms with E-state index in [0.717, 1.165) is 5.56 Å². The van der Waals surface area contributed by atoms with Crippen LogP contribution in [0.3, 0.4) is 0 Å². The SMILES string of the molecule is N#Cc1ccc(N2CCC3(CCCCC3)CC2)cc1. The van der Waals surface area contributed by atoms with Gasteiger partial charge in [0.1, 0.15) is 0 Å². The highest BCUT2D eigenvalue weighted by Gasteiger charge is 2.35. The number of benzene rings is 1. The third-order valence-corrected chi connectivity index (χ3v) is 5.10. The van der Waals surface area contributed by atoms with Crippen LogP contribution in [-0.2, 0) is 0 Å². The maximum atomic E-state index is 8.84. The molecule has 1 saturated carbocycles. The first-order valence-corrected chi connectivity index (χ1v) is 7.57. The average molecular weight is 254 g/mol. The second kappa shape index (κ2) is 5.25. The van der Waals surface area contributed by atoms with Crippen molar-refractivity contribution in [2.45, 2.75) is 44.9 Å². The van der Waals surface area contributed by atoms with Crippen LogP contribution in [0.15, 0.2) is 24.3 Å². The minimum Gasteiger partial charge on any atom is -0.371 e. The molecule has 1 aliphatic heterocycles. The second-order valence-electron chi connectivity index (χ2n) is 6.21. The summed E-state index contributed by atoms with van der Waals surface area (Å²) in [7, 11) is 0. The van der Waals surface area contributed by atoms with Gasteiger partial charge < -0.3 is 4.90 Å². The van der Waals surface area contributed by atoms with Crippen LogP contribution in [-0.4, -0.2) is 13.1 Å². The van der Waals surface area contributed by atoms with E-state index in [4.69, 9.17) is 5.26 Å².